The number of carbonyl (C=O) groups is 2. The Balaban J connectivity index is 2.64. The van der Waals surface area contributed by atoms with Crippen LogP contribution in [-0.4, -0.2) is 56.4 Å². The number of rotatable bonds is 3. The van der Waals surface area contributed by atoms with E-state index in [0.717, 1.165) is 12.8 Å². The van der Waals surface area contributed by atoms with Gasteiger partial charge in [0, 0.05) is 11.0 Å². The molecule has 1 fully saturated rings. The van der Waals surface area contributed by atoms with E-state index in [9.17, 15) is 19.8 Å². The van der Waals surface area contributed by atoms with E-state index in [1.165, 1.54) is 0 Å². The first kappa shape index (κ1) is 21.5. The van der Waals surface area contributed by atoms with Gasteiger partial charge >= 0.3 is 12.2 Å². The van der Waals surface area contributed by atoms with E-state index < -0.39 is 29.3 Å². The van der Waals surface area contributed by atoms with Crippen LogP contribution >= 0.6 is 15.9 Å². The highest BCUT2D eigenvalue weighted by Gasteiger charge is 2.49. The molecule has 1 unspecified atom stereocenters. The number of imide groups is 1. The number of halogens is 1. The molecule has 152 valence electrons. The van der Waals surface area contributed by atoms with Gasteiger partial charge in [-0.25, -0.2) is 14.6 Å². The molecule has 2 N–H and O–H groups in total. The van der Waals surface area contributed by atoms with Crippen molar-refractivity contribution in [3.05, 3.63) is 10.3 Å². The molecule has 1 heterocycles. The maximum absolute atomic E-state index is 11.8. The van der Waals surface area contributed by atoms with Crippen molar-refractivity contribution in [3.63, 3.8) is 0 Å². The summed E-state index contributed by atoms with van der Waals surface area (Å²) in [6, 6.07) is 0. The number of ether oxygens (including phenoxy) is 1. The van der Waals surface area contributed by atoms with Crippen molar-refractivity contribution >= 4 is 34.0 Å². The van der Waals surface area contributed by atoms with E-state index in [1.807, 2.05) is 41.5 Å². The van der Waals surface area contributed by atoms with Crippen LogP contribution in [0.25, 0.3) is 0 Å². The lowest BCUT2D eigenvalue weighted by molar-refractivity contribution is 0.0239. The summed E-state index contributed by atoms with van der Waals surface area (Å²) in [5.41, 5.74) is -0.302. The third-order valence-electron chi connectivity index (χ3n) is 4.36. The van der Waals surface area contributed by atoms with Crippen molar-refractivity contribution in [1.29, 1.82) is 0 Å². The predicted octanol–water partition coefficient (Wildman–Crippen LogP) is 4.52. The molecule has 1 atom stereocenters. The highest BCUT2D eigenvalue weighted by atomic mass is 79.9. The van der Waals surface area contributed by atoms with E-state index >= 15 is 0 Å². The molecule has 27 heavy (non-hydrogen) atoms. The van der Waals surface area contributed by atoms with Crippen LogP contribution < -0.4 is 0 Å². The second-order valence-corrected chi connectivity index (χ2v) is 9.69. The zero-order valence-electron chi connectivity index (χ0n) is 16.6. The van der Waals surface area contributed by atoms with E-state index in [2.05, 4.69) is 20.9 Å². The fourth-order valence-electron chi connectivity index (χ4n) is 3.02. The van der Waals surface area contributed by atoms with Crippen molar-refractivity contribution in [2.45, 2.75) is 66.1 Å². The first-order chi connectivity index (χ1) is 12.2. The van der Waals surface area contributed by atoms with Gasteiger partial charge in [0.05, 0.1) is 12.3 Å². The minimum Gasteiger partial charge on any atom is -0.478 e. The molecule has 0 spiro atoms. The van der Waals surface area contributed by atoms with Crippen molar-refractivity contribution in [1.82, 2.24) is 9.80 Å². The maximum Gasteiger partial charge on any atom is 0.419 e. The Morgan fingerprint density at radius 2 is 1.70 bits per heavy atom. The Hall–Kier alpha value is -1.77. The molecular weight excluding hydrogens is 418 g/mol. The van der Waals surface area contributed by atoms with Gasteiger partial charge in [0.25, 0.3) is 0 Å². The fourth-order valence-corrected chi connectivity index (χ4v) is 3.98. The van der Waals surface area contributed by atoms with Gasteiger partial charge in [-0.1, -0.05) is 20.8 Å². The molecule has 0 saturated heterocycles. The van der Waals surface area contributed by atoms with Gasteiger partial charge in [-0.05, 0) is 55.5 Å². The number of hydrogen-bond acceptors (Lipinski definition) is 5. The summed E-state index contributed by atoms with van der Waals surface area (Å²) < 4.78 is 6.35. The minimum absolute atomic E-state index is 0.0708. The lowest BCUT2D eigenvalue weighted by Gasteiger charge is -2.51. The molecule has 1 aliphatic heterocycles. The molecule has 1 saturated carbocycles. The van der Waals surface area contributed by atoms with Crippen LogP contribution in [0.1, 0.15) is 54.4 Å². The van der Waals surface area contributed by atoms with E-state index in [0.29, 0.717) is 27.7 Å². The zero-order chi connectivity index (χ0) is 20.7. The van der Waals surface area contributed by atoms with Crippen molar-refractivity contribution < 1.29 is 24.5 Å². The van der Waals surface area contributed by atoms with Crippen molar-refractivity contribution in [2.75, 3.05) is 6.61 Å². The number of carboxylic acid groups (broad SMARTS) is 2. The molecule has 8 nitrogen and oxygen atoms in total. The van der Waals surface area contributed by atoms with Gasteiger partial charge in [0.15, 0.2) is 6.17 Å². The molecule has 0 aromatic carbocycles. The summed E-state index contributed by atoms with van der Waals surface area (Å²) in [7, 11) is 0. The number of hydrogen-bond donors (Lipinski definition) is 2. The highest BCUT2D eigenvalue weighted by molar-refractivity contribution is 9.11. The molecule has 9 heteroatoms. The number of amides is 2. The fraction of sp³-hybridized carbons (Fsp3) is 0.722. The maximum atomic E-state index is 11.8. The monoisotopic (exact) mass is 445 g/mol. The largest absolute Gasteiger partial charge is 0.478 e. The third-order valence-corrected chi connectivity index (χ3v) is 4.92. The lowest BCUT2D eigenvalue weighted by Crippen LogP contribution is -2.64. The van der Waals surface area contributed by atoms with Crippen LogP contribution in [0.5, 0.6) is 0 Å². The Kier molecular flexibility index (Phi) is 5.85. The van der Waals surface area contributed by atoms with Crippen LogP contribution in [0, 0.1) is 11.3 Å². The Labute approximate surface area is 168 Å². The molecule has 2 aliphatic rings. The standard InChI is InChI=1S/C18H28BrN3O5/c1-17(2,3)11-12(19)20-13(27-9-10-7-8-10)14(22(11)18(4,5)6)21(15(23)24)16(25)26/h10,14H,7-9H2,1-6H3,(H,23,24)(H,25,26). The van der Waals surface area contributed by atoms with E-state index in [-0.39, 0.29) is 5.90 Å². The number of allylic oxidation sites excluding steroid dienone is 1. The molecule has 2 amide bonds. The zero-order valence-corrected chi connectivity index (χ0v) is 18.2. The molecule has 0 aromatic rings. The van der Waals surface area contributed by atoms with Gasteiger partial charge in [-0.3, -0.25) is 0 Å². The van der Waals surface area contributed by atoms with Crippen LogP contribution in [0.2, 0.25) is 0 Å². The van der Waals surface area contributed by atoms with Gasteiger partial charge in [-0.15, -0.1) is 0 Å². The second kappa shape index (κ2) is 7.33. The first-order valence-corrected chi connectivity index (χ1v) is 9.70. The summed E-state index contributed by atoms with van der Waals surface area (Å²) in [5, 5.41) is 19.2. The summed E-state index contributed by atoms with van der Waals surface area (Å²) >= 11 is 3.49. The van der Waals surface area contributed by atoms with Crippen molar-refractivity contribution in [2.24, 2.45) is 16.3 Å². The Morgan fingerprint density at radius 1 is 1.19 bits per heavy atom. The Morgan fingerprint density at radius 3 is 2.07 bits per heavy atom. The SMILES string of the molecule is CC(C)(C)C1=C(Br)N=C(OCC2CC2)C(N(C(=O)O)C(=O)O)N1C(C)(C)C. The smallest absolute Gasteiger partial charge is 0.419 e. The Bertz CT molecular complexity index is 672. The number of aliphatic imine (C=N–C) groups is 1. The number of nitrogens with zero attached hydrogens (tertiary/aromatic N) is 3. The van der Waals surface area contributed by atoms with Crippen LogP contribution in [0.15, 0.2) is 15.3 Å². The van der Waals surface area contributed by atoms with Gasteiger partial charge < -0.3 is 19.8 Å². The quantitative estimate of drug-likeness (QED) is 0.618. The van der Waals surface area contributed by atoms with Crippen molar-refractivity contribution in [3.8, 4) is 0 Å². The summed E-state index contributed by atoms with van der Waals surface area (Å²) in [5.74, 6) is 0.479. The summed E-state index contributed by atoms with van der Waals surface area (Å²) in [4.78, 5) is 30.2. The summed E-state index contributed by atoms with van der Waals surface area (Å²) in [6.45, 7) is 12.0. The van der Waals surface area contributed by atoms with E-state index in [4.69, 9.17) is 4.74 Å². The molecule has 0 radical (unpaired) electrons. The molecule has 0 bridgehead atoms. The average Bonchev–Trinajstić information content (AvgIpc) is 3.27. The van der Waals surface area contributed by atoms with Crippen LogP contribution in [-0.2, 0) is 4.74 Å². The van der Waals surface area contributed by atoms with Gasteiger partial charge in [0.1, 0.15) is 4.61 Å². The minimum atomic E-state index is -1.57. The van der Waals surface area contributed by atoms with Crippen LogP contribution in [0.4, 0.5) is 9.59 Å². The predicted molar refractivity (Wildman–Crippen MR) is 105 cm³/mol. The third kappa shape index (κ3) is 4.75. The lowest BCUT2D eigenvalue weighted by atomic mass is 9.87. The van der Waals surface area contributed by atoms with Crippen LogP contribution in [0.3, 0.4) is 0 Å². The molecular formula is C18H28BrN3O5. The molecule has 1 aliphatic carbocycles. The van der Waals surface area contributed by atoms with Gasteiger partial charge in [-0.2, -0.15) is 4.90 Å². The van der Waals surface area contributed by atoms with Gasteiger partial charge in [0.2, 0.25) is 5.90 Å². The summed E-state index contributed by atoms with van der Waals surface area (Å²) in [6.07, 6.45) is -2.25. The first-order valence-electron chi connectivity index (χ1n) is 8.91. The molecule has 2 rings (SSSR count). The normalized spacial score (nSPS) is 21.1. The average molecular weight is 446 g/mol. The molecule has 0 aromatic heterocycles. The highest BCUT2D eigenvalue weighted by Crippen LogP contribution is 2.43. The topological polar surface area (TPSA) is 103 Å². The van der Waals surface area contributed by atoms with E-state index in [1.54, 1.807) is 4.90 Å². The second-order valence-electron chi connectivity index (χ2n) is 8.94.